The van der Waals surface area contributed by atoms with Crippen LogP contribution in [0.2, 0.25) is 0 Å². The Morgan fingerprint density at radius 1 is 1.50 bits per heavy atom. The van der Waals surface area contributed by atoms with E-state index in [1.54, 1.807) is 0 Å². The zero-order valence-corrected chi connectivity index (χ0v) is 13.2. The number of halogens is 1. The summed E-state index contributed by atoms with van der Waals surface area (Å²) in [4.78, 5) is 6.86. The average molecular weight is 335 g/mol. The van der Waals surface area contributed by atoms with E-state index in [2.05, 4.69) is 62.4 Å². The molecule has 1 aliphatic heterocycles. The largest absolute Gasteiger partial charge is 0.375 e. The van der Waals surface area contributed by atoms with Crippen molar-refractivity contribution >= 4 is 32.5 Å². The van der Waals surface area contributed by atoms with E-state index in [-0.39, 0.29) is 5.54 Å². The summed E-state index contributed by atoms with van der Waals surface area (Å²) < 4.78 is 0.997. The van der Waals surface area contributed by atoms with Crippen molar-refractivity contribution in [2.45, 2.75) is 12.0 Å². The van der Waals surface area contributed by atoms with Crippen LogP contribution in [0.5, 0.6) is 0 Å². The quantitative estimate of drug-likeness (QED) is 0.905. The smallest absolute Gasteiger partial charge is 0.0934 e. The first-order valence-corrected chi connectivity index (χ1v) is 7.62. The highest BCUT2D eigenvalue weighted by molar-refractivity contribution is 9.10. The number of hydrogen-bond acceptors (Lipinski definition) is 4. The monoisotopic (exact) mass is 334 g/mol. The molecule has 0 bridgehead atoms. The third-order valence-corrected chi connectivity index (χ3v) is 4.45. The van der Waals surface area contributed by atoms with Gasteiger partial charge in [0.15, 0.2) is 0 Å². The molecule has 0 aliphatic carbocycles. The molecule has 1 aromatic carbocycles. The fraction of sp³-hybridized carbons (Fsp3) is 0.400. The molecule has 1 saturated heterocycles. The van der Waals surface area contributed by atoms with Crippen molar-refractivity contribution in [2.24, 2.45) is 5.73 Å². The van der Waals surface area contributed by atoms with Gasteiger partial charge in [-0.2, -0.15) is 0 Å². The molecule has 0 saturated carbocycles. The molecule has 5 heteroatoms. The summed E-state index contributed by atoms with van der Waals surface area (Å²) >= 11 is 3.47. The maximum Gasteiger partial charge on any atom is 0.0934 e. The zero-order valence-electron chi connectivity index (χ0n) is 11.6. The van der Waals surface area contributed by atoms with Gasteiger partial charge in [-0.15, -0.1) is 0 Å². The first-order chi connectivity index (χ1) is 9.62. The number of pyridine rings is 1. The van der Waals surface area contributed by atoms with E-state index in [9.17, 15) is 0 Å². The van der Waals surface area contributed by atoms with Crippen LogP contribution in [0.25, 0.3) is 10.9 Å². The Morgan fingerprint density at radius 2 is 2.35 bits per heavy atom. The third kappa shape index (κ3) is 2.53. The second-order valence-electron chi connectivity index (χ2n) is 5.63. The SMILES string of the molecule is CN1CCC(CN)(Nc2cccc3cc(Br)cnc23)C1. The molecule has 106 valence electrons. The minimum Gasteiger partial charge on any atom is -0.375 e. The van der Waals surface area contributed by atoms with Crippen molar-refractivity contribution in [3.05, 3.63) is 34.9 Å². The molecule has 1 unspecified atom stereocenters. The van der Waals surface area contributed by atoms with Gasteiger partial charge in [0.05, 0.1) is 16.7 Å². The van der Waals surface area contributed by atoms with Gasteiger partial charge in [-0.1, -0.05) is 12.1 Å². The highest BCUT2D eigenvalue weighted by Gasteiger charge is 2.35. The zero-order chi connectivity index (χ0) is 14.2. The molecule has 1 fully saturated rings. The van der Waals surface area contributed by atoms with Crippen molar-refractivity contribution in [2.75, 3.05) is 32.0 Å². The second kappa shape index (κ2) is 5.31. The van der Waals surface area contributed by atoms with Crippen LogP contribution in [0, 0.1) is 0 Å². The summed E-state index contributed by atoms with van der Waals surface area (Å²) in [6.45, 7) is 2.68. The number of benzene rings is 1. The van der Waals surface area contributed by atoms with E-state index < -0.39 is 0 Å². The van der Waals surface area contributed by atoms with Crippen molar-refractivity contribution in [1.82, 2.24) is 9.88 Å². The highest BCUT2D eigenvalue weighted by Crippen LogP contribution is 2.29. The van der Waals surface area contributed by atoms with Gasteiger partial charge >= 0.3 is 0 Å². The highest BCUT2D eigenvalue weighted by atomic mass is 79.9. The third-order valence-electron chi connectivity index (χ3n) is 4.01. The predicted molar refractivity (Wildman–Crippen MR) is 87.0 cm³/mol. The normalized spacial score (nSPS) is 23.4. The minimum absolute atomic E-state index is 0.0439. The number of nitrogens with one attached hydrogen (secondary N) is 1. The lowest BCUT2D eigenvalue weighted by Gasteiger charge is -2.30. The Kier molecular flexibility index (Phi) is 3.67. The number of para-hydroxylation sites is 1. The van der Waals surface area contributed by atoms with Crippen molar-refractivity contribution in [3.63, 3.8) is 0 Å². The molecule has 2 heterocycles. The first kappa shape index (κ1) is 13.8. The van der Waals surface area contributed by atoms with Gasteiger partial charge in [0.2, 0.25) is 0 Å². The van der Waals surface area contributed by atoms with Gasteiger partial charge in [0.1, 0.15) is 0 Å². The topological polar surface area (TPSA) is 54.2 Å². The number of anilines is 1. The number of nitrogens with two attached hydrogens (primary N) is 1. The Labute approximate surface area is 127 Å². The lowest BCUT2D eigenvalue weighted by Crippen LogP contribution is -2.47. The Balaban J connectivity index is 1.98. The van der Waals surface area contributed by atoms with Crippen molar-refractivity contribution in [1.29, 1.82) is 0 Å². The Hall–Kier alpha value is -1.17. The molecule has 0 radical (unpaired) electrons. The van der Waals surface area contributed by atoms with Crippen LogP contribution in [0.3, 0.4) is 0 Å². The summed E-state index contributed by atoms with van der Waals surface area (Å²) in [5.41, 5.74) is 8.05. The van der Waals surface area contributed by atoms with E-state index in [4.69, 9.17) is 5.73 Å². The van der Waals surface area contributed by atoms with Crippen molar-refractivity contribution < 1.29 is 0 Å². The lowest BCUT2D eigenvalue weighted by atomic mass is 9.98. The number of nitrogens with zero attached hydrogens (tertiary/aromatic N) is 2. The molecule has 3 rings (SSSR count). The van der Waals surface area contributed by atoms with Gasteiger partial charge in [-0.3, -0.25) is 4.98 Å². The Morgan fingerprint density at radius 3 is 3.05 bits per heavy atom. The molecule has 1 atom stereocenters. The number of aromatic nitrogens is 1. The average Bonchev–Trinajstić information content (AvgIpc) is 2.81. The molecular formula is C15H19BrN4. The molecule has 20 heavy (non-hydrogen) atoms. The van der Waals surface area contributed by atoms with Crippen LogP contribution in [0.15, 0.2) is 34.9 Å². The summed E-state index contributed by atoms with van der Waals surface area (Å²) in [5.74, 6) is 0. The summed E-state index contributed by atoms with van der Waals surface area (Å²) in [7, 11) is 2.14. The fourth-order valence-electron chi connectivity index (χ4n) is 2.92. The molecule has 0 spiro atoms. The van der Waals surface area contributed by atoms with Crippen LogP contribution in [0.1, 0.15) is 6.42 Å². The van der Waals surface area contributed by atoms with E-state index in [1.165, 1.54) is 0 Å². The molecule has 0 amide bonds. The van der Waals surface area contributed by atoms with E-state index in [0.717, 1.165) is 40.6 Å². The number of likely N-dealkylation sites (N-methyl/N-ethyl adjacent to an activating group) is 1. The maximum atomic E-state index is 6.03. The van der Waals surface area contributed by atoms with Crippen molar-refractivity contribution in [3.8, 4) is 0 Å². The van der Waals surface area contributed by atoms with Gasteiger partial charge in [0.25, 0.3) is 0 Å². The molecule has 1 aliphatic rings. The Bertz CT molecular complexity index is 630. The van der Waals surface area contributed by atoms with Crippen LogP contribution in [0.4, 0.5) is 5.69 Å². The van der Waals surface area contributed by atoms with E-state index in [1.807, 2.05) is 6.20 Å². The van der Waals surface area contributed by atoms with Gasteiger partial charge in [0, 0.05) is 35.7 Å². The van der Waals surface area contributed by atoms with Crippen LogP contribution >= 0.6 is 15.9 Å². The number of hydrogen-bond donors (Lipinski definition) is 2. The molecule has 4 nitrogen and oxygen atoms in total. The molecule has 2 aromatic rings. The van der Waals surface area contributed by atoms with Gasteiger partial charge in [-0.05, 0) is 41.5 Å². The van der Waals surface area contributed by atoms with Gasteiger partial charge < -0.3 is 16.0 Å². The van der Waals surface area contributed by atoms with E-state index >= 15 is 0 Å². The summed E-state index contributed by atoms with van der Waals surface area (Å²) in [6.07, 6.45) is 2.90. The number of rotatable bonds is 3. The molecular weight excluding hydrogens is 316 g/mol. The maximum absolute atomic E-state index is 6.03. The van der Waals surface area contributed by atoms with Crippen LogP contribution < -0.4 is 11.1 Å². The van der Waals surface area contributed by atoms with Crippen LogP contribution in [-0.2, 0) is 0 Å². The summed E-state index contributed by atoms with van der Waals surface area (Å²) in [5, 5.41) is 4.78. The van der Waals surface area contributed by atoms with Gasteiger partial charge in [-0.25, -0.2) is 0 Å². The number of fused-ring (bicyclic) bond motifs is 1. The fourth-order valence-corrected chi connectivity index (χ4v) is 3.27. The number of likely N-dealkylation sites (tertiary alicyclic amines) is 1. The molecule has 1 aromatic heterocycles. The predicted octanol–water partition coefficient (Wildman–Crippen LogP) is 2.44. The van der Waals surface area contributed by atoms with E-state index in [0.29, 0.717) is 6.54 Å². The molecule has 3 N–H and O–H groups in total. The second-order valence-corrected chi connectivity index (χ2v) is 6.54. The summed E-state index contributed by atoms with van der Waals surface area (Å²) in [6, 6.07) is 8.30. The minimum atomic E-state index is -0.0439. The lowest BCUT2D eigenvalue weighted by molar-refractivity contribution is 0.385. The standard InChI is InChI=1S/C15H19BrN4/c1-20-6-5-15(9-17,10-20)19-13-4-2-3-11-7-12(16)8-18-14(11)13/h2-4,7-8,19H,5-6,9-10,17H2,1H3. The first-order valence-electron chi connectivity index (χ1n) is 6.83. The van der Waals surface area contributed by atoms with Crippen LogP contribution in [-0.4, -0.2) is 42.1 Å².